The van der Waals surface area contributed by atoms with Crippen molar-refractivity contribution in [3.05, 3.63) is 48.1 Å². The second-order valence-electron chi connectivity index (χ2n) is 5.15. The van der Waals surface area contributed by atoms with E-state index in [0.717, 1.165) is 6.20 Å². The predicted octanol–water partition coefficient (Wildman–Crippen LogP) is 3.35. The Labute approximate surface area is 137 Å². The van der Waals surface area contributed by atoms with Crippen LogP contribution in [0.4, 0.5) is 13.2 Å². The number of primary sulfonamides is 1. The lowest BCUT2D eigenvalue weighted by Gasteiger charge is -2.08. The highest BCUT2D eigenvalue weighted by atomic mass is 32.2. The summed E-state index contributed by atoms with van der Waals surface area (Å²) in [6, 6.07) is 5.23. The first-order chi connectivity index (χ1) is 11.0. The van der Waals surface area contributed by atoms with E-state index in [1.165, 1.54) is 28.8 Å². The van der Waals surface area contributed by atoms with Gasteiger partial charge < -0.3 is 0 Å². The van der Waals surface area contributed by atoms with Crippen molar-refractivity contribution in [1.82, 2.24) is 9.55 Å². The minimum Gasteiger partial charge on any atom is -0.299 e. The number of nitrogens with zero attached hydrogens (tertiary/aromatic N) is 2. The number of nitrogens with two attached hydrogens (primary N) is 1. The standard InChI is InChI=1S/C15H16F3N3O2S/c1-3-4-10(2)14-20-13(15(16,17)18)9-21(14)11-5-7-12(8-6-11)24(19,22)23/h4-9H,3H2,1-2H3,(H2,19,22,23)/b10-4+. The van der Waals surface area contributed by atoms with Gasteiger partial charge in [-0.2, -0.15) is 13.2 Å². The normalized spacial score (nSPS) is 13.3. The van der Waals surface area contributed by atoms with E-state index in [1.807, 2.05) is 6.92 Å². The van der Waals surface area contributed by atoms with Gasteiger partial charge in [-0.3, -0.25) is 4.57 Å². The van der Waals surface area contributed by atoms with Crippen LogP contribution in [0.2, 0.25) is 0 Å². The third kappa shape index (κ3) is 3.85. The molecule has 0 radical (unpaired) electrons. The van der Waals surface area contributed by atoms with Crippen LogP contribution in [0.3, 0.4) is 0 Å². The average Bonchev–Trinajstić information content (AvgIpc) is 2.92. The summed E-state index contributed by atoms with van der Waals surface area (Å²) in [5, 5.41) is 5.02. The van der Waals surface area contributed by atoms with Crippen molar-refractivity contribution in [2.45, 2.75) is 31.3 Å². The molecule has 0 aliphatic heterocycles. The summed E-state index contributed by atoms with van der Waals surface area (Å²) in [5.74, 6) is 0.146. The summed E-state index contributed by atoms with van der Waals surface area (Å²) in [6.07, 6.45) is -1.29. The number of alkyl halides is 3. The molecule has 5 nitrogen and oxygen atoms in total. The summed E-state index contributed by atoms with van der Waals surface area (Å²) < 4.78 is 62.8. The van der Waals surface area contributed by atoms with Crippen molar-refractivity contribution < 1.29 is 21.6 Å². The molecule has 2 aromatic rings. The number of hydrogen-bond acceptors (Lipinski definition) is 3. The van der Waals surface area contributed by atoms with Crippen LogP contribution in [0.25, 0.3) is 11.3 Å². The van der Waals surface area contributed by atoms with Gasteiger partial charge in [-0.1, -0.05) is 13.0 Å². The van der Waals surface area contributed by atoms with E-state index in [0.29, 0.717) is 17.7 Å². The predicted molar refractivity (Wildman–Crippen MR) is 83.9 cm³/mol. The van der Waals surface area contributed by atoms with E-state index in [4.69, 9.17) is 5.14 Å². The Kier molecular flexibility index (Phi) is 4.86. The van der Waals surface area contributed by atoms with Crippen LogP contribution < -0.4 is 5.14 Å². The largest absolute Gasteiger partial charge is 0.434 e. The SMILES string of the molecule is CC/C=C(\C)c1nc(C(F)(F)F)cn1-c1ccc(S(N)(=O)=O)cc1. The maximum absolute atomic E-state index is 13.0. The Morgan fingerprint density at radius 3 is 2.33 bits per heavy atom. The second-order valence-corrected chi connectivity index (χ2v) is 6.71. The molecule has 1 heterocycles. The minimum absolute atomic E-state index is 0.121. The molecule has 1 aromatic carbocycles. The topological polar surface area (TPSA) is 78.0 Å². The van der Waals surface area contributed by atoms with Gasteiger partial charge in [-0.25, -0.2) is 18.5 Å². The molecule has 0 amide bonds. The maximum atomic E-state index is 13.0. The van der Waals surface area contributed by atoms with Gasteiger partial charge in [-0.05, 0) is 43.2 Å². The van der Waals surface area contributed by atoms with E-state index in [1.54, 1.807) is 13.0 Å². The van der Waals surface area contributed by atoms with Crippen LogP contribution in [0.1, 0.15) is 31.8 Å². The molecule has 9 heteroatoms. The van der Waals surface area contributed by atoms with Crippen molar-refractivity contribution in [2.75, 3.05) is 0 Å². The maximum Gasteiger partial charge on any atom is 0.434 e. The first-order valence-corrected chi connectivity index (χ1v) is 8.55. The first-order valence-electron chi connectivity index (χ1n) is 7.01. The average molecular weight is 359 g/mol. The fourth-order valence-corrected chi connectivity index (χ4v) is 2.70. The lowest BCUT2D eigenvalue weighted by atomic mass is 10.2. The van der Waals surface area contributed by atoms with Gasteiger partial charge in [0.15, 0.2) is 5.69 Å². The Balaban J connectivity index is 2.60. The number of rotatable bonds is 4. The Hall–Kier alpha value is -2.13. The van der Waals surface area contributed by atoms with E-state index in [2.05, 4.69) is 4.98 Å². The molecule has 2 rings (SSSR count). The Morgan fingerprint density at radius 1 is 1.29 bits per heavy atom. The number of aromatic nitrogens is 2. The van der Waals surface area contributed by atoms with E-state index < -0.39 is 21.9 Å². The monoisotopic (exact) mass is 359 g/mol. The lowest BCUT2D eigenvalue weighted by Crippen LogP contribution is -2.12. The highest BCUT2D eigenvalue weighted by molar-refractivity contribution is 7.89. The van der Waals surface area contributed by atoms with Crippen molar-refractivity contribution in [2.24, 2.45) is 5.14 Å². The van der Waals surface area contributed by atoms with Crippen molar-refractivity contribution in [3.8, 4) is 5.69 Å². The molecule has 0 spiro atoms. The number of benzene rings is 1. The molecule has 24 heavy (non-hydrogen) atoms. The molecule has 0 bridgehead atoms. The third-order valence-corrected chi connectivity index (χ3v) is 4.23. The molecule has 0 saturated carbocycles. The smallest absolute Gasteiger partial charge is 0.299 e. The molecule has 0 unspecified atom stereocenters. The van der Waals surface area contributed by atoms with Crippen LogP contribution >= 0.6 is 0 Å². The van der Waals surface area contributed by atoms with E-state index >= 15 is 0 Å². The van der Waals surface area contributed by atoms with Gasteiger partial charge in [-0.15, -0.1) is 0 Å². The molecule has 130 valence electrons. The van der Waals surface area contributed by atoms with Crippen molar-refractivity contribution in [3.63, 3.8) is 0 Å². The first kappa shape index (κ1) is 18.2. The summed E-state index contributed by atoms with van der Waals surface area (Å²) >= 11 is 0. The molecule has 0 saturated heterocycles. The van der Waals surface area contributed by atoms with Gasteiger partial charge in [0.25, 0.3) is 0 Å². The van der Waals surface area contributed by atoms with Crippen LogP contribution in [0.5, 0.6) is 0 Å². The fourth-order valence-electron chi connectivity index (χ4n) is 2.19. The summed E-state index contributed by atoms with van der Waals surface area (Å²) in [4.78, 5) is 3.55. The van der Waals surface area contributed by atoms with Gasteiger partial charge in [0.2, 0.25) is 10.0 Å². The van der Waals surface area contributed by atoms with Crippen LogP contribution in [0, 0.1) is 0 Å². The van der Waals surface area contributed by atoms with Crippen molar-refractivity contribution >= 4 is 15.6 Å². The van der Waals surface area contributed by atoms with Gasteiger partial charge in [0.05, 0.1) is 4.90 Å². The zero-order valence-electron chi connectivity index (χ0n) is 13.0. The molecular formula is C15H16F3N3O2S. The Morgan fingerprint density at radius 2 is 1.88 bits per heavy atom. The van der Waals surface area contributed by atoms with Gasteiger partial charge >= 0.3 is 6.18 Å². The highest BCUT2D eigenvalue weighted by Crippen LogP contribution is 2.31. The number of hydrogen-bond donors (Lipinski definition) is 1. The van der Waals surface area contributed by atoms with Crippen molar-refractivity contribution in [1.29, 1.82) is 0 Å². The van der Waals surface area contributed by atoms with Crippen LogP contribution in [-0.4, -0.2) is 18.0 Å². The molecule has 1 aromatic heterocycles. The highest BCUT2D eigenvalue weighted by Gasteiger charge is 2.35. The van der Waals surface area contributed by atoms with Crippen LogP contribution in [0.15, 0.2) is 41.4 Å². The zero-order valence-corrected chi connectivity index (χ0v) is 13.8. The number of halogens is 3. The minimum atomic E-state index is -4.58. The second kappa shape index (κ2) is 6.40. The molecule has 0 atom stereocenters. The number of allylic oxidation sites excluding steroid dienone is 2. The Bertz CT molecular complexity index is 866. The summed E-state index contributed by atoms with van der Waals surface area (Å²) in [7, 11) is -3.87. The molecule has 0 aliphatic carbocycles. The zero-order chi connectivity index (χ0) is 18.1. The van der Waals surface area contributed by atoms with Crippen LogP contribution in [-0.2, 0) is 16.2 Å². The molecule has 0 fully saturated rings. The summed E-state index contributed by atoms with van der Waals surface area (Å²) in [5.41, 5.74) is -0.0790. The third-order valence-electron chi connectivity index (χ3n) is 3.30. The molecule has 0 aliphatic rings. The quantitative estimate of drug-likeness (QED) is 0.909. The molecular weight excluding hydrogens is 343 g/mol. The van der Waals surface area contributed by atoms with E-state index in [9.17, 15) is 21.6 Å². The van der Waals surface area contributed by atoms with Gasteiger partial charge in [0.1, 0.15) is 5.82 Å². The number of sulfonamides is 1. The summed E-state index contributed by atoms with van der Waals surface area (Å²) in [6.45, 7) is 3.53. The molecule has 2 N–H and O–H groups in total. The van der Waals surface area contributed by atoms with Gasteiger partial charge in [0, 0.05) is 11.9 Å². The fraction of sp³-hybridized carbons (Fsp3) is 0.267. The number of imidazole rings is 1. The lowest BCUT2D eigenvalue weighted by molar-refractivity contribution is -0.140. The van der Waals surface area contributed by atoms with E-state index in [-0.39, 0.29) is 10.7 Å².